The van der Waals surface area contributed by atoms with Crippen LogP contribution in [0.1, 0.15) is 47.1 Å². The first kappa shape index (κ1) is 32.0. The third-order valence-electron chi connectivity index (χ3n) is 8.58. The average Bonchev–Trinajstić information content (AvgIpc) is 3.11. The van der Waals surface area contributed by atoms with Crippen molar-refractivity contribution in [3.8, 4) is 5.75 Å². The third-order valence-corrected chi connectivity index (χ3v) is 8.58. The Bertz CT molecular complexity index is 1290. The second kappa shape index (κ2) is 14.8. The number of ether oxygens (including phenoxy) is 1. The van der Waals surface area contributed by atoms with Crippen LogP contribution in [-0.4, -0.2) is 12.8 Å². The van der Waals surface area contributed by atoms with E-state index in [1.807, 2.05) is 31.2 Å². The average molecular weight is 707 g/mol. The van der Waals surface area contributed by atoms with Gasteiger partial charge in [0, 0.05) is 0 Å². The van der Waals surface area contributed by atoms with Crippen LogP contribution in [0, 0.1) is 43.1 Å². The van der Waals surface area contributed by atoms with Gasteiger partial charge in [0.25, 0.3) is 0 Å². The van der Waals surface area contributed by atoms with Crippen molar-refractivity contribution < 1.29 is 22.6 Å². The van der Waals surface area contributed by atoms with Crippen LogP contribution in [0.2, 0.25) is 0 Å². The van der Waals surface area contributed by atoms with Gasteiger partial charge in [0.05, 0.1) is 12.8 Å². The van der Waals surface area contributed by atoms with Crippen LogP contribution in [-0.2, 0) is 17.9 Å². The second-order valence-corrected chi connectivity index (χ2v) is 10.3. The van der Waals surface area contributed by atoms with E-state index >= 15 is 0 Å². The quantitative estimate of drug-likeness (QED) is 0.118. The summed E-state index contributed by atoms with van der Waals surface area (Å²) in [6.07, 6.45) is 0. The summed E-state index contributed by atoms with van der Waals surface area (Å²) < 4.78 is 5.19. The van der Waals surface area contributed by atoms with Crippen LogP contribution in [0.25, 0.3) is 21.5 Å². The molecule has 0 amide bonds. The van der Waals surface area contributed by atoms with Gasteiger partial charge in [-0.3, -0.25) is 0 Å². The van der Waals surface area contributed by atoms with Crippen LogP contribution in [0.3, 0.4) is 0 Å². The van der Waals surface area contributed by atoms with E-state index < -0.39 is 0 Å². The number of nitrogens with zero attached hydrogens (tertiary/aromatic N) is 1. The summed E-state index contributed by atoms with van der Waals surface area (Å²) in [6, 6.07) is 28.1. The fourth-order valence-electron chi connectivity index (χ4n) is 5.46. The van der Waals surface area contributed by atoms with Gasteiger partial charge in [-0.1, -0.05) is 88.7 Å². The summed E-state index contributed by atoms with van der Waals surface area (Å²) >= 11 is 1.47. The molecular weight excluding hydrogens is 666 g/mol. The van der Waals surface area contributed by atoms with Gasteiger partial charge in [0.2, 0.25) is 0 Å². The molecule has 0 unspecified atom stereocenters. The summed E-state index contributed by atoms with van der Waals surface area (Å²) in [6.45, 7) is 14.0. The van der Waals surface area contributed by atoms with Crippen molar-refractivity contribution in [3.05, 3.63) is 91.9 Å². The summed E-state index contributed by atoms with van der Waals surface area (Å²) in [5.41, 5.74) is 2.86. The van der Waals surface area contributed by atoms with Gasteiger partial charge in [-0.05, 0) is 65.0 Å². The van der Waals surface area contributed by atoms with Crippen LogP contribution in [0.5, 0.6) is 5.75 Å². The molecule has 0 atom stereocenters. The molecule has 0 saturated heterocycles. The fourth-order valence-corrected chi connectivity index (χ4v) is 5.46. The number of rotatable bonds is 3. The van der Waals surface area contributed by atoms with Crippen molar-refractivity contribution in [2.24, 2.45) is 34.6 Å². The molecule has 0 aromatic heterocycles. The van der Waals surface area contributed by atoms with Crippen molar-refractivity contribution in [1.29, 1.82) is 0 Å². The molecule has 0 bridgehead atoms. The Hall–Kier alpha value is -2.19. The minimum atomic E-state index is 0. The Balaban J connectivity index is 0.000000330. The van der Waals surface area contributed by atoms with E-state index in [2.05, 4.69) is 98.8 Å². The summed E-state index contributed by atoms with van der Waals surface area (Å²) in [4.78, 5) is 4.70. The Morgan fingerprint density at radius 2 is 1.29 bits per heavy atom. The topological polar surface area (TPSA) is 21.6 Å². The van der Waals surface area contributed by atoms with Gasteiger partial charge in [0.15, 0.2) is 0 Å². The van der Waals surface area contributed by atoms with Crippen molar-refractivity contribution >= 4 is 42.5 Å². The number of halogens is 1. The van der Waals surface area contributed by atoms with Crippen molar-refractivity contribution in [3.63, 3.8) is 0 Å². The Morgan fingerprint density at radius 3 is 1.84 bits per heavy atom. The first-order valence-electron chi connectivity index (χ1n) is 13.0. The van der Waals surface area contributed by atoms with Crippen LogP contribution in [0.4, 0.5) is 5.69 Å². The Kier molecular flexibility index (Phi) is 12.5. The molecule has 1 fully saturated rings. The summed E-state index contributed by atoms with van der Waals surface area (Å²) in [5, 5.41) is 4.93. The van der Waals surface area contributed by atoms with Crippen molar-refractivity contribution in [2.45, 2.75) is 41.5 Å². The van der Waals surface area contributed by atoms with Gasteiger partial charge in [0.1, 0.15) is 5.75 Å². The summed E-state index contributed by atoms with van der Waals surface area (Å²) in [7, 11) is 6.30. The molecule has 0 heterocycles. The van der Waals surface area contributed by atoms with Gasteiger partial charge in [-0.2, -0.15) is 0 Å². The predicted molar refractivity (Wildman–Crippen MR) is 163 cm³/mol. The van der Waals surface area contributed by atoms with Gasteiger partial charge in [-0.15, -0.1) is 29.1 Å². The normalized spacial score (nSPS) is 22.6. The molecule has 5 rings (SSSR count). The third kappa shape index (κ3) is 7.26. The van der Waals surface area contributed by atoms with Crippen molar-refractivity contribution in [2.75, 3.05) is 7.11 Å². The van der Waals surface area contributed by atoms with Crippen LogP contribution < -0.4 is 4.74 Å². The molecule has 204 valence electrons. The van der Waals surface area contributed by atoms with Gasteiger partial charge < -0.3 is 17.2 Å². The Morgan fingerprint density at radius 1 is 0.763 bits per heavy atom. The zero-order valence-corrected chi connectivity index (χ0v) is 27.0. The standard InChI is InChI=1S/C23H18NO.C10H20.CH3.ClH.Ir/c1-16(24-20-10-12-21(25-2)13-11-20)18-9-14-23-19(15-18)8-7-17-5-3-4-6-22(17)23;1-6-7(2)9(4)10(5)8(6)3;;;/h3-8,10-15H,1-2H3;6-10H,1-5H3;1H3;1H;/q-1;;-1;;+3/p-1. The van der Waals surface area contributed by atoms with Gasteiger partial charge >= 0.3 is 27.5 Å². The predicted octanol–water partition coefficient (Wildman–Crippen LogP) is 10.3. The van der Waals surface area contributed by atoms with E-state index in [9.17, 15) is 0 Å². The number of hydrogen-bond acceptors (Lipinski definition) is 2. The Labute approximate surface area is 245 Å². The molecule has 0 N–H and O–H groups in total. The molecule has 4 aromatic carbocycles. The maximum atomic E-state index is 5.19. The first-order chi connectivity index (χ1) is 17.8. The molecule has 1 aliphatic carbocycles. The fraction of sp³-hybridized carbons (Fsp3) is 0.353. The molecule has 2 nitrogen and oxygen atoms in total. The number of aliphatic imine (C=N–C) groups is 1. The SMILES string of the molecule is CC1C(C)C(C)C(C)C1C.COc1ccc(N=C(C)c2[c-]cc3c(ccc4ccccc43)c2)cc1.[CH3-].[Cl][Ir+2]. The molecule has 0 radical (unpaired) electrons. The zero-order chi connectivity index (χ0) is 27.1. The number of fused-ring (bicyclic) bond motifs is 3. The minimum absolute atomic E-state index is 0. The molecule has 1 aliphatic rings. The first-order valence-corrected chi connectivity index (χ1v) is 15.9. The molecule has 1 saturated carbocycles. The molecule has 4 aromatic rings. The monoisotopic (exact) mass is 707 g/mol. The number of benzene rings is 4. The second-order valence-electron chi connectivity index (χ2n) is 10.3. The molecular formula is C34H41ClIrNO. The van der Waals surface area contributed by atoms with E-state index in [1.165, 1.54) is 39.4 Å². The zero-order valence-electron chi connectivity index (χ0n) is 23.9. The number of hydrogen-bond donors (Lipinski definition) is 0. The molecule has 0 spiro atoms. The number of methoxy groups -OCH3 is 1. The van der Waals surface area contributed by atoms with E-state index in [0.29, 0.717) is 0 Å². The summed E-state index contributed by atoms with van der Waals surface area (Å²) in [5.74, 6) is 5.51. The maximum absolute atomic E-state index is 5.19. The molecule has 0 aliphatic heterocycles. The van der Waals surface area contributed by atoms with Crippen LogP contribution >= 0.6 is 9.58 Å². The van der Waals surface area contributed by atoms with Crippen molar-refractivity contribution in [1.82, 2.24) is 0 Å². The van der Waals surface area contributed by atoms with E-state index in [4.69, 9.17) is 9.73 Å². The molecule has 4 heteroatoms. The molecule has 38 heavy (non-hydrogen) atoms. The van der Waals surface area contributed by atoms with Gasteiger partial charge in [-0.25, -0.2) is 0 Å². The van der Waals surface area contributed by atoms with Crippen LogP contribution in [0.15, 0.2) is 77.8 Å². The van der Waals surface area contributed by atoms with E-state index in [-0.39, 0.29) is 7.43 Å². The van der Waals surface area contributed by atoms with E-state index in [1.54, 1.807) is 7.11 Å². The van der Waals surface area contributed by atoms with E-state index in [0.717, 1.165) is 52.3 Å².